The van der Waals surface area contributed by atoms with Crippen LogP contribution in [0.2, 0.25) is 0 Å². The molecule has 0 unspecified atom stereocenters. The predicted octanol–water partition coefficient (Wildman–Crippen LogP) is 3.43. The van der Waals surface area contributed by atoms with Crippen LogP contribution in [0, 0.1) is 11.3 Å². The highest BCUT2D eigenvalue weighted by molar-refractivity contribution is 5.61. The molecule has 2 N–H and O–H groups in total. The van der Waals surface area contributed by atoms with Gasteiger partial charge in [0.1, 0.15) is 17.5 Å². The minimum Gasteiger partial charge on any atom is -0.373 e. The maximum atomic E-state index is 8.95. The lowest BCUT2D eigenvalue weighted by Crippen LogP contribution is -2.17. The highest BCUT2D eigenvalue weighted by Gasteiger charge is 2.19. The van der Waals surface area contributed by atoms with Crippen molar-refractivity contribution in [1.29, 1.82) is 5.26 Å². The summed E-state index contributed by atoms with van der Waals surface area (Å²) < 4.78 is 0. The SMILES string of the molecule is CNc1cc(Nc2cccc(C#N)c2)nc(C(C)(C)C)n1. The van der Waals surface area contributed by atoms with Crippen LogP contribution in [0.15, 0.2) is 30.3 Å². The number of benzene rings is 1. The lowest BCUT2D eigenvalue weighted by molar-refractivity contribution is 0.547. The van der Waals surface area contributed by atoms with Gasteiger partial charge in [0, 0.05) is 24.2 Å². The molecule has 21 heavy (non-hydrogen) atoms. The molecule has 0 aliphatic carbocycles. The Morgan fingerprint density at radius 3 is 2.43 bits per heavy atom. The van der Waals surface area contributed by atoms with Gasteiger partial charge in [-0.1, -0.05) is 26.8 Å². The quantitative estimate of drug-likeness (QED) is 0.901. The number of anilines is 3. The van der Waals surface area contributed by atoms with E-state index in [2.05, 4.69) is 47.4 Å². The van der Waals surface area contributed by atoms with Crippen LogP contribution in [-0.2, 0) is 5.41 Å². The van der Waals surface area contributed by atoms with Crippen molar-refractivity contribution < 1.29 is 0 Å². The van der Waals surface area contributed by atoms with Crippen molar-refractivity contribution in [1.82, 2.24) is 9.97 Å². The lowest BCUT2D eigenvalue weighted by Gasteiger charge is -2.19. The second kappa shape index (κ2) is 5.80. The minimum absolute atomic E-state index is 0.141. The van der Waals surface area contributed by atoms with Crippen LogP contribution in [-0.4, -0.2) is 17.0 Å². The number of nitriles is 1. The van der Waals surface area contributed by atoms with E-state index in [9.17, 15) is 0 Å². The van der Waals surface area contributed by atoms with Crippen LogP contribution in [0.5, 0.6) is 0 Å². The van der Waals surface area contributed by atoms with Gasteiger partial charge in [-0.25, -0.2) is 9.97 Å². The average Bonchev–Trinajstić information content (AvgIpc) is 2.46. The molecule has 0 atom stereocenters. The van der Waals surface area contributed by atoms with Gasteiger partial charge in [-0.2, -0.15) is 5.26 Å². The molecule has 2 aromatic rings. The molecule has 0 fully saturated rings. The molecule has 1 aromatic heterocycles. The number of hydrogen-bond donors (Lipinski definition) is 2. The first-order valence-corrected chi connectivity index (χ1v) is 6.77. The molecule has 0 radical (unpaired) electrons. The van der Waals surface area contributed by atoms with E-state index in [-0.39, 0.29) is 5.41 Å². The number of nitrogens with one attached hydrogen (secondary N) is 2. The molecule has 108 valence electrons. The van der Waals surface area contributed by atoms with E-state index in [1.165, 1.54) is 0 Å². The van der Waals surface area contributed by atoms with Crippen LogP contribution < -0.4 is 10.6 Å². The van der Waals surface area contributed by atoms with Gasteiger partial charge < -0.3 is 10.6 Å². The van der Waals surface area contributed by atoms with E-state index in [1.807, 2.05) is 25.2 Å². The fourth-order valence-electron chi connectivity index (χ4n) is 1.79. The molecular formula is C16H19N5. The smallest absolute Gasteiger partial charge is 0.138 e. The first kappa shape index (κ1) is 14.8. The van der Waals surface area contributed by atoms with E-state index in [0.717, 1.165) is 17.3 Å². The Hall–Kier alpha value is -2.61. The number of hydrogen-bond acceptors (Lipinski definition) is 5. The fourth-order valence-corrected chi connectivity index (χ4v) is 1.79. The van der Waals surface area contributed by atoms with Gasteiger partial charge in [0.15, 0.2) is 0 Å². The Kier molecular flexibility index (Phi) is 4.08. The Morgan fingerprint density at radius 2 is 1.81 bits per heavy atom. The van der Waals surface area contributed by atoms with Crippen molar-refractivity contribution in [3.8, 4) is 6.07 Å². The number of rotatable bonds is 3. The Balaban J connectivity index is 2.37. The molecule has 0 spiro atoms. The first-order chi connectivity index (χ1) is 9.92. The summed E-state index contributed by atoms with van der Waals surface area (Å²) in [6.07, 6.45) is 0. The zero-order chi connectivity index (χ0) is 15.5. The second-order valence-corrected chi connectivity index (χ2v) is 5.78. The lowest BCUT2D eigenvalue weighted by atomic mass is 9.96. The Labute approximate surface area is 125 Å². The zero-order valence-corrected chi connectivity index (χ0v) is 12.7. The molecule has 0 bridgehead atoms. The molecule has 0 aliphatic heterocycles. The van der Waals surface area contributed by atoms with Crippen LogP contribution in [0.25, 0.3) is 0 Å². The summed E-state index contributed by atoms with van der Waals surface area (Å²) in [6, 6.07) is 11.3. The van der Waals surface area contributed by atoms with Crippen LogP contribution >= 0.6 is 0 Å². The Morgan fingerprint density at radius 1 is 1.10 bits per heavy atom. The molecule has 0 amide bonds. The topological polar surface area (TPSA) is 73.6 Å². The predicted molar refractivity (Wildman–Crippen MR) is 84.7 cm³/mol. The van der Waals surface area contributed by atoms with Gasteiger partial charge in [0.2, 0.25) is 0 Å². The van der Waals surface area contributed by atoms with Crippen molar-refractivity contribution >= 4 is 17.3 Å². The third-order valence-corrected chi connectivity index (χ3v) is 2.92. The standard InChI is InChI=1S/C16H19N5/c1-16(2,3)15-20-13(18-4)9-14(21-15)19-12-7-5-6-11(8-12)10-17/h5-9H,1-4H3,(H2,18,19,20,21). The van der Waals surface area contributed by atoms with Gasteiger partial charge >= 0.3 is 0 Å². The first-order valence-electron chi connectivity index (χ1n) is 6.77. The van der Waals surface area contributed by atoms with Crippen molar-refractivity contribution in [3.63, 3.8) is 0 Å². The highest BCUT2D eigenvalue weighted by Crippen LogP contribution is 2.24. The monoisotopic (exact) mass is 281 g/mol. The summed E-state index contributed by atoms with van der Waals surface area (Å²) in [5, 5.41) is 15.2. The second-order valence-electron chi connectivity index (χ2n) is 5.78. The van der Waals surface area contributed by atoms with E-state index < -0.39 is 0 Å². The largest absolute Gasteiger partial charge is 0.373 e. The maximum Gasteiger partial charge on any atom is 0.138 e. The molecule has 0 saturated heterocycles. The van der Waals surface area contributed by atoms with Gasteiger partial charge in [0.25, 0.3) is 0 Å². The van der Waals surface area contributed by atoms with Crippen molar-refractivity contribution in [2.24, 2.45) is 0 Å². The minimum atomic E-state index is -0.141. The zero-order valence-electron chi connectivity index (χ0n) is 12.7. The maximum absolute atomic E-state index is 8.95. The van der Waals surface area contributed by atoms with E-state index >= 15 is 0 Å². The van der Waals surface area contributed by atoms with Crippen LogP contribution in [0.1, 0.15) is 32.2 Å². The van der Waals surface area contributed by atoms with Crippen molar-refractivity contribution in [3.05, 3.63) is 41.7 Å². The van der Waals surface area contributed by atoms with Gasteiger partial charge in [-0.3, -0.25) is 0 Å². The third-order valence-electron chi connectivity index (χ3n) is 2.92. The molecule has 5 nitrogen and oxygen atoms in total. The summed E-state index contributed by atoms with van der Waals surface area (Å²) in [7, 11) is 1.83. The molecule has 5 heteroatoms. The third kappa shape index (κ3) is 3.69. The molecule has 1 heterocycles. The van der Waals surface area contributed by atoms with Gasteiger partial charge in [-0.15, -0.1) is 0 Å². The Bertz CT molecular complexity index is 680. The van der Waals surface area contributed by atoms with E-state index in [0.29, 0.717) is 11.4 Å². The van der Waals surface area contributed by atoms with Crippen LogP contribution in [0.4, 0.5) is 17.3 Å². The summed E-state index contributed by atoms with van der Waals surface area (Å²) in [4.78, 5) is 9.04. The summed E-state index contributed by atoms with van der Waals surface area (Å²) in [6.45, 7) is 6.21. The summed E-state index contributed by atoms with van der Waals surface area (Å²) in [5.74, 6) is 2.22. The molecule has 0 saturated carbocycles. The van der Waals surface area contributed by atoms with E-state index in [4.69, 9.17) is 5.26 Å². The van der Waals surface area contributed by atoms with Crippen molar-refractivity contribution in [2.45, 2.75) is 26.2 Å². The molecule has 2 rings (SSSR count). The number of nitrogens with zero attached hydrogens (tertiary/aromatic N) is 3. The van der Waals surface area contributed by atoms with Gasteiger partial charge in [0.05, 0.1) is 11.6 Å². The van der Waals surface area contributed by atoms with Crippen LogP contribution in [0.3, 0.4) is 0 Å². The summed E-state index contributed by atoms with van der Waals surface area (Å²) >= 11 is 0. The number of aromatic nitrogens is 2. The molecular weight excluding hydrogens is 262 g/mol. The van der Waals surface area contributed by atoms with E-state index in [1.54, 1.807) is 12.1 Å². The van der Waals surface area contributed by atoms with Crippen molar-refractivity contribution in [2.75, 3.05) is 17.7 Å². The molecule has 0 aliphatic rings. The fraction of sp³-hybridized carbons (Fsp3) is 0.312. The average molecular weight is 281 g/mol. The van der Waals surface area contributed by atoms with Gasteiger partial charge in [-0.05, 0) is 18.2 Å². The highest BCUT2D eigenvalue weighted by atomic mass is 15.1. The normalized spacial score (nSPS) is 10.8. The molecule has 1 aromatic carbocycles. The summed E-state index contributed by atoms with van der Waals surface area (Å²) in [5.41, 5.74) is 1.30.